The molecule has 8 heteroatoms. The van der Waals surface area contributed by atoms with E-state index in [-0.39, 0.29) is 24.8 Å². The number of nitrogens with one attached hydrogen (secondary N) is 2. The highest BCUT2D eigenvalue weighted by atomic mass is 35.5. The minimum Gasteiger partial charge on any atom is -0.351 e. The maximum atomic E-state index is 12.1. The first-order valence-electron chi connectivity index (χ1n) is 8.07. The Hall–Kier alpha value is -2.41. The van der Waals surface area contributed by atoms with Crippen molar-refractivity contribution < 1.29 is 9.59 Å². The predicted molar refractivity (Wildman–Crippen MR) is 110 cm³/mol. The van der Waals surface area contributed by atoms with Crippen molar-refractivity contribution in [2.75, 3.05) is 11.9 Å². The van der Waals surface area contributed by atoms with Gasteiger partial charge in [0, 0.05) is 28.9 Å². The van der Waals surface area contributed by atoms with Crippen molar-refractivity contribution in [3.05, 3.63) is 69.5 Å². The van der Waals surface area contributed by atoms with Crippen LogP contribution in [0.3, 0.4) is 0 Å². The van der Waals surface area contributed by atoms with E-state index in [1.807, 2.05) is 23.6 Å². The SMILES string of the molecule is O=C(CCNC(=O)c1ccccc1Cl)Nc1nc(-c2ccccc2Cl)cs1. The molecule has 0 aliphatic heterocycles. The van der Waals surface area contributed by atoms with Crippen LogP contribution in [0, 0.1) is 0 Å². The Bertz CT molecular complexity index is 975. The van der Waals surface area contributed by atoms with Crippen LogP contribution in [0.4, 0.5) is 5.13 Å². The van der Waals surface area contributed by atoms with Crippen LogP contribution >= 0.6 is 34.5 Å². The summed E-state index contributed by atoms with van der Waals surface area (Å²) >= 11 is 13.5. The molecule has 138 valence electrons. The Labute approximate surface area is 170 Å². The Kier molecular flexibility index (Phi) is 6.45. The van der Waals surface area contributed by atoms with Crippen LogP contribution in [0.2, 0.25) is 10.0 Å². The fourth-order valence-corrected chi connectivity index (χ4v) is 3.52. The van der Waals surface area contributed by atoms with Crippen LogP contribution in [-0.4, -0.2) is 23.3 Å². The molecule has 2 amide bonds. The van der Waals surface area contributed by atoms with Gasteiger partial charge in [0.2, 0.25) is 5.91 Å². The van der Waals surface area contributed by atoms with Crippen LogP contribution in [0.1, 0.15) is 16.8 Å². The summed E-state index contributed by atoms with van der Waals surface area (Å²) in [6.45, 7) is 0.193. The fraction of sp³-hybridized carbons (Fsp3) is 0.105. The number of carbonyl (C=O) groups is 2. The van der Waals surface area contributed by atoms with Crippen molar-refractivity contribution >= 4 is 51.5 Å². The molecule has 3 aromatic rings. The van der Waals surface area contributed by atoms with E-state index in [9.17, 15) is 9.59 Å². The lowest BCUT2D eigenvalue weighted by Gasteiger charge is -2.06. The highest BCUT2D eigenvalue weighted by Crippen LogP contribution is 2.30. The molecule has 0 saturated carbocycles. The maximum absolute atomic E-state index is 12.1. The van der Waals surface area contributed by atoms with E-state index >= 15 is 0 Å². The standard InChI is InChI=1S/C19H15Cl2N3O2S/c20-14-7-3-1-5-12(14)16-11-27-19(23-16)24-17(25)9-10-22-18(26)13-6-2-4-8-15(13)21/h1-8,11H,9-10H2,(H,22,26)(H,23,24,25). The lowest BCUT2D eigenvalue weighted by atomic mass is 10.2. The summed E-state index contributed by atoms with van der Waals surface area (Å²) < 4.78 is 0. The summed E-state index contributed by atoms with van der Waals surface area (Å²) in [5.74, 6) is -0.557. The number of rotatable bonds is 6. The third-order valence-corrected chi connectivity index (χ3v) is 5.07. The van der Waals surface area contributed by atoms with Crippen molar-refractivity contribution in [3.8, 4) is 11.3 Å². The minimum absolute atomic E-state index is 0.122. The maximum Gasteiger partial charge on any atom is 0.252 e. The summed E-state index contributed by atoms with van der Waals surface area (Å²) in [6, 6.07) is 14.1. The topological polar surface area (TPSA) is 71.1 Å². The van der Waals surface area contributed by atoms with Gasteiger partial charge < -0.3 is 10.6 Å². The molecule has 1 heterocycles. The first-order valence-corrected chi connectivity index (χ1v) is 9.71. The third kappa shape index (κ3) is 5.07. The second-order valence-electron chi connectivity index (χ2n) is 5.55. The number of thiazole rings is 1. The summed E-state index contributed by atoms with van der Waals surface area (Å²) in [5.41, 5.74) is 1.89. The molecule has 3 rings (SSSR count). The van der Waals surface area contributed by atoms with Gasteiger partial charge in [-0.05, 0) is 18.2 Å². The average molecular weight is 420 g/mol. The highest BCUT2D eigenvalue weighted by molar-refractivity contribution is 7.14. The molecule has 0 bridgehead atoms. The number of aromatic nitrogens is 1. The number of hydrogen-bond donors (Lipinski definition) is 2. The van der Waals surface area contributed by atoms with Gasteiger partial charge in [-0.25, -0.2) is 4.98 Å². The molecule has 5 nitrogen and oxygen atoms in total. The molecular weight excluding hydrogens is 405 g/mol. The lowest BCUT2D eigenvalue weighted by Crippen LogP contribution is -2.27. The van der Waals surface area contributed by atoms with E-state index in [1.165, 1.54) is 11.3 Å². The zero-order chi connectivity index (χ0) is 19.2. The molecule has 0 spiro atoms. The molecule has 0 unspecified atom stereocenters. The molecule has 1 aromatic heterocycles. The van der Waals surface area contributed by atoms with Crippen LogP contribution in [0.5, 0.6) is 0 Å². The molecule has 0 aliphatic rings. The quantitative estimate of drug-likeness (QED) is 0.598. The zero-order valence-electron chi connectivity index (χ0n) is 14.0. The second kappa shape index (κ2) is 8.99. The fourth-order valence-electron chi connectivity index (χ4n) is 2.34. The van der Waals surface area contributed by atoms with Crippen LogP contribution < -0.4 is 10.6 Å². The monoisotopic (exact) mass is 419 g/mol. The number of carbonyl (C=O) groups excluding carboxylic acids is 2. The molecular formula is C19H15Cl2N3O2S. The molecule has 0 fully saturated rings. The van der Waals surface area contributed by atoms with Crippen molar-refractivity contribution in [1.29, 1.82) is 0 Å². The average Bonchev–Trinajstić information content (AvgIpc) is 3.10. The molecule has 2 aromatic carbocycles. The third-order valence-electron chi connectivity index (χ3n) is 3.66. The van der Waals surface area contributed by atoms with Crippen molar-refractivity contribution in [1.82, 2.24) is 10.3 Å². The zero-order valence-corrected chi connectivity index (χ0v) is 16.4. The van der Waals surface area contributed by atoms with Gasteiger partial charge in [0.1, 0.15) is 0 Å². The van der Waals surface area contributed by atoms with Gasteiger partial charge in [-0.1, -0.05) is 53.5 Å². The first kappa shape index (κ1) is 19.4. The number of hydrogen-bond acceptors (Lipinski definition) is 4. The molecule has 0 radical (unpaired) electrons. The highest BCUT2D eigenvalue weighted by Gasteiger charge is 2.12. The number of benzene rings is 2. The van der Waals surface area contributed by atoms with Gasteiger partial charge in [-0.2, -0.15) is 0 Å². The number of anilines is 1. The molecule has 0 atom stereocenters. The van der Waals surface area contributed by atoms with E-state index in [0.717, 1.165) is 5.56 Å². The van der Waals surface area contributed by atoms with Gasteiger partial charge in [0.25, 0.3) is 5.91 Å². The smallest absolute Gasteiger partial charge is 0.252 e. The number of nitrogens with zero attached hydrogens (tertiary/aromatic N) is 1. The first-order chi connectivity index (χ1) is 13.0. The Morgan fingerprint density at radius 3 is 2.44 bits per heavy atom. The Balaban J connectivity index is 1.51. The van der Waals surface area contributed by atoms with Crippen LogP contribution in [-0.2, 0) is 4.79 Å². The van der Waals surface area contributed by atoms with Gasteiger partial charge >= 0.3 is 0 Å². The number of amides is 2. The van der Waals surface area contributed by atoms with Gasteiger partial charge in [0.05, 0.1) is 16.3 Å². The van der Waals surface area contributed by atoms with Crippen molar-refractivity contribution in [2.24, 2.45) is 0 Å². The van der Waals surface area contributed by atoms with E-state index in [4.69, 9.17) is 23.2 Å². The summed E-state index contributed by atoms with van der Waals surface area (Å²) in [5, 5.41) is 8.68. The van der Waals surface area contributed by atoms with Crippen LogP contribution in [0.25, 0.3) is 11.3 Å². The summed E-state index contributed by atoms with van der Waals surface area (Å²) in [7, 11) is 0. The normalized spacial score (nSPS) is 10.4. The lowest BCUT2D eigenvalue weighted by molar-refractivity contribution is -0.116. The van der Waals surface area contributed by atoms with E-state index in [1.54, 1.807) is 30.3 Å². The van der Waals surface area contributed by atoms with E-state index in [0.29, 0.717) is 26.4 Å². The second-order valence-corrected chi connectivity index (χ2v) is 7.22. The largest absolute Gasteiger partial charge is 0.351 e. The molecule has 2 N–H and O–H groups in total. The van der Waals surface area contributed by atoms with Crippen molar-refractivity contribution in [3.63, 3.8) is 0 Å². The minimum atomic E-state index is -0.316. The predicted octanol–water partition coefficient (Wildman–Crippen LogP) is 4.88. The number of halogens is 2. The Morgan fingerprint density at radius 1 is 1.00 bits per heavy atom. The summed E-state index contributed by atoms with van der Waals surface area (Å²) in [4.78, 5) is 28.5. The molecule has 27 heavy (non-hydrogen) atoms. The Morgan fingerprint density at radius 2 is 1.70 bits per heavy atom. The van der Waals surface area contributed by atoms with Crippen molar-refractivity contribution in [2.45, 2.75) is 6.42 Å². The van der Waals surface area contributed by atoms with Crippen LogP contribution in [0.15, 0.2) is 53.9 Å². The van der Waals surface area contributed by atoms with Gasteiger partial charge in [0.15, 0.2) is 5.13 Å². The molecule has 0 saturated heterocycles. The van der Waals surface area contributed by atoms with Gasteiger partial charge in [-0.3, -0.25) is 9.59 Å². The van der Waals surface area contributed by atoms with Gasteiger partial charge in [-0.15, -0.1) is 11.3 Å². The van der Waals surface area contributed by atoms with E-state index < -0.39 is 0 Å². The summed E-state index contributed by atoms with van der Waals surface area (Å²) in [6.07, 6.45) is 0.122. The van der Waals surface area contributed by atoms with E-state index in [2.05, 4.69) is 15.6 Å². The molecule has 0 aliphatic carbocycles.